The fraction of sp³-hybridized carbons (Fsp3) is 0.714. The molecule has 1 aromatic rings. The second-order valence-corrected chi connectivity index (χ2v) is 5.07. The number of ether oxygens (including phenoxy) is 1. The molecule has 18 heavy (non-hydrogen) atoms. The first-order valence-electron chi connectivity index (χ1n) is 6.86. The summed E-state index contributed by atoms with van der Waals surface area (Å²) in [6.07, 6.45) is 7.26. The molecule has 1 N–H and O–H groups in total. The van der Waals surface area contributed by atoms with Crippen molar-refractivity contribution in [2.45, 2.75) is 39.2 Å². The molecule has 4 heteroatoms. The number of hydrogen-bond donors (Lipinski definition) is 1. The highest BCUT2D eigenvalue weighted by Crippen LogP contribution is 2.28. The molecule has 1 saturated carbocycles. The van der Waals surface area contributed by atoms with E-state index < -0.39 is 0 Å². The molecular weight excluding hydrogens is 226 g/mol. The molecule has 1 unspecified atom stereocenters. The minimum absolute atomic E-state index is 0.252. The fourth-order valence-corrected chi connectivity index (χ4v) is 1.97. The quantitative estimate of drug-likeness (QED) is 0.718. The van der Waals surface area contributed by atoms with Crippen LogP contribution in [-0.2, 0) is 4.74 Å². The van der Waals surface area contributed by atoms with E-state index >= 15 is 0 Å². The first kappa shape index (κ1) is 13.4. The van der Waals surface area contributed by atoms with Crippen molar-refractivity contribution in [2.75, 3.05) is 19.8 Å². The van der Waals surface area contributed by atoms with Gasteiger partial charge in [-0.05, 0) is 45.6 Å². The largest absolute Gasteiger partial charge is 0.381 e. The Bertz CT molecular complexity index is 366. The normalized spacial score (nSPS) is 16.8. The third-order valence-electron chi connectivity index (χ3n) is 3.30. The second kappa shape index (κ2) is 6.81. The van der Waals surface area contributed by atoms with Gasteiger partial charge in [-0.3, -0.25) is 9.97 Å². The Morgan fingerprint density at radius 2 is 2.17 bits per heavy atom. The van der Waals surface area contributed by atoms with Crippen molar-refractivity contribution in [3.63, 3.8) is 0 Å². The maximum atomic E-state index is 5.60. The zero-order valence-electron chi connectivity index (χ0n) is 11.4. The smallest absolute Gasteiger partial charge is 0.0782 e. The van der Waals surface area contributed by atoms with Gasteiger partial charge in [0.25, 0.3) is 0 Å². The van der Waals surface area contributed by atoms with E-state index in [0.29, 0.717) is 0 Å². The molecule has 1 aliphatic rings. The van der Waals surface area contributed by atoms with Gasteiger partial charge in [-0.2, -0.15) is 0 Å². The molecule has 0 bridgehead atoms. The molecule has 1 heterocycles. The molecule has 1 atom stereocenters. The Balaban J connectivity index is 1.59. The van der Waals surface area contributed by atoms with Crippen molar-refractivity contribution >= 4 is 0 Å². The van der Waals surface area contributed by atoms with Crippen LogP contribution in [0.1, 0.15) is 43.6 Å². The van der Waals surface area contributed by atoms with Gasteiger partial charge in [0.05, 0.1) is 11.4 Å². The molecule has 1 aromatic heterocycles. The van der Waals surface area contributed by atoms with E-state index in [1.165, 1.54) is 12.8 Å². The Morgan fingerprint density at radius 1 is 1.39 bits per heavy atom. The highest BCUT2D eigenvalue weighted by Gasteiger charge is 2.20. The summed E-state index contributed by atoms with van der Waals surface area (Å²) in [6.45, 7) is 6.90. The van der Waals surface area contributed by atoms with Crippen molar-refractivity contribution < 1.29 is 4.74 Å². The highest BCUT2D eigenvalue weighted by molar-refractivity contribution is 5.12. The SMILES string of the molecule is Cc1nccnc1C(C)NCCCOCC1CC1. The van der Waals surface area contributed by atoms with Crippen LogP contribution in [0.5, 0.6) is 0 Å². The van der Waals surface area contributed by atoms with E-state index in [2.05, 4.69) is 22.2 Å². The average molecular weight is 249 g/mol. The van der Waals surface area contributed by atoms with Gasteiger partial charge in [-0.1, -0.05) is 0 Å². The lowest BCUT2D eigenvalue weighted by Gasteiger charge is -2.14. The van der Waals surface area contributed by atoms with E-state index in [1.807, 2.05) is 6.92 Å². The molecule has 0 saturated heterocycles. The molecule has 2 rings (SSSR count). The standard InChI is InChI=1S/C14H23N3O/c1-11(14-12(2)16-7-8-17-14)15-6-3-9-18-10-13-4-5-13/h7-8,11,13,15H,3-6,9-10H2,1-2H3. The van der Waals surface area contributed by atoms with Crippen molar-refractivity contribution in [1.82, 2.24) is 15.3 Å². The number of aryl methyl sites for hydroxylation is 1. The Labute approximate surface area is 109 Å². The molecule has 4 nitrogen and oxygen atoms in total. The van der Waals surface area contributed by atoms with Crippen LogP contribution in [0.15, 0.2) is 12.4 Å². The number of rotatable bonds is 8. The Morgan fingerprint density at radius 3 is 2.89 bits per heavy atom. The Hall–Kier alpha value is -1.00. The summed E-state index contributed by atoms with van der Waals surface area (Å²) in [4.78, 5) is 8.63. The number of nitrogens with zero attached hydrogens (tertiary/aromatic N) is 2. The van der Waals surface area contributed by atoms with E-state index in [9.17, 15) is 0 Å². The van der Waals surface area contributed by atoms with E-state index in [1.54, 1.807) is 12.4 Å². The summed E-state index contributed by atoms with van der Waals surface area (Å²) in [5.41, 5.74) is 2.04. The predicted molar refractivity (Wildman–Crippen MR) is 71.3 cm³/mol. The van der Waals surface area contributed by atoms with Crippen LogP contribution < -0.4 is 5.32 Å². The number of nitrogens with one attached hydrogen (secondary N) is 1. The zero-order chi connectivity index (χ0) is 12.8. The van der Waals surface area contributed by atoms with Crippen LogP contribution in [0.3, 0.4) is 0 Å². The lowest BCUT2D eigenvalue weighted by Crippen LogP contribution is -2.23. The summed E-state index contributed by atoms with van der Waals surface area (Å²) < 4.78 is 5.60. The topological polar surface area (TPSA) is 47.0 Å². The highest BCUT2D eigenvalue weighted by atomic mass is 16.5. The van der Waals surface area contributed by atoms with Gasteiger partial charge < -0.3 is 10.1 Å². The van der Waals surface area contributed by atoms with Crippen molar-refractivity contribution in [3.8, 4) is 0 Å². The Kier molecular flexibility index (Phi) is 5.08. The first-order chi connectivity index (χ1) is 8.77. The number of hydrogen-bond acceptors (Lipinski definition) is 4. The van der Waals surface area contributed by atoms with Crippen molar-refractivity contribution in [2.24, 2.45) is 5.92 Å². The van der Waals surface area contributed by atoms with Crippen molar-refractivity contribution in [3.05, 3.63) is 23.8 Å². The summed E-state index contributed by atoms with van der Waals surface area (Å²) in [7, 11) is 0. The van der Waals surface area contributed by atoms with Gasteiger partial charge in [-0.15, -0.1) is 0 Å². The first-order valence-corrected chi connectivity index (χ1v) is 6.86. The molecule has 0 amide bonds. The van der Waals surface area contributed by atoms with E-state index in [0.717, 1.165) is 43.5 Å². The lowest BCUT2D eigenvalue weighted by atomic mass is 10.2. The van der Waals surface area contributed by atoms with Crippen LogP contribution in [0, 0.1) is 12.8 Å². The van der Waals surface area contributed by atoms with Crippen LogP contribution in [0.4, 0.5) is 0 Å². The molecule has 1 aliphatic carbocycles. The molecule has 0 radical (unpaired) electrons. The van der Waals surface area contributed by atoms with Crippen LogP contribution in [0.2, 0.25) is 0 Å². The summed E-state index contributed by atoms with van der Waals surface area (Å²) in [5.74, 6) is 0.860. The minimum atomic E-state index is 0.252. The van der Waals surface area contributed by atoms with E-state index in [-0.39, 0.29) is 6.04 Å². The van der Waals surface area contributed by atoms with E-state index in [4.69, 9.17) is 4.74 Å². The maximum absolute atomic E-state index is 5.60. The van der Waals surface area contributed by atoms with Gasteiger partial charge in [0.15, 0.2) is 0 Å². The molecule has 0 spiro atoms. The van der Waals surface area contributed by atoms with Crippen LogP contribution in [0.25, 0.3) is 0 Å². The molecule has 1 fully saturated rings. The monoisotopic (exact) mass is 249 g/mol. The summed E-state index contributed by atoms with van der Waals surface area (Å²) in [6, 6.07) is 0.252. The fourth-order valence-electron chi connectivity index (χ4n) is 1.97. The van der Waals surface area contributed by atoms with Crippen molar-refractivity contribution in [1.29, 1.82) is 0 Å². The average Bonchev–Trinajstić information content (AvgIpc) is 3.18. The summed E-state index contributed by atoms with van der Waals surface area (Å²) in [5, 5.41) is 3.46. The predicted octanol–water partition coefficient (Wildman–Crippen LogP) is 2.25. The summed E-state index contributed by atoms with van der Waals surface area (Å²) >= 11 is 0. The van der Waals surface area contributed by atoms with Gasteiger partial charge in [0.2, 0.25) is 0 Å². The minimum Gasteiger partial charge on any atom is -0.381 e. The third kappa shape index (κ3) is 4.35. The molecule has 0 aliphatic heterocycles. The van der Waals surface area contributed by atoms with Crippen LogP contribution >= 0.6 is 0 Å². The van der Waals surface area contributed by atoms with Crippen LogP contribution in [-0.4, -0.2) is 29.7 Å². The lowest BCUT2D eigenvalue weighted by molar-refractivity contribution is 0.121. The molecule has 0 aromatic carbocycles. The van der Waals surface area contributed by atoms with Gasteiger partial charge in [0, 0.05) is 31.6 Å². The van der Waals surface area contributed by atoms with Gasteiger partial charge in [0.1, 0.15) is 0 Å². The van der Waals surface area contributed by atoms with Gasteiger partial charge in [-0.25, -0.2) is 0 Å². The van der Waals surface area contributed by atoms with Gasteiger partial charge >= 0.3 is 0 Å². The number of aromatic nitrogens is 2. The zero-order valence-corrected chi connectivity index (χ0v) is 11.4. The maximum Gasteiger partial charge on any atom is 0.0782 e. The second-order valence-electron chi connectivity index (χ2n) is 5.07. The third-order valence-corrected chi connectivity index (χ3v) is 3.30. The molecule has 100 valence electrons. The molecular formula is C14H23N3O.